The van der Waals surface area contributed by atoms with E-state index in [1.807, 2.05) is 24.3 Å². The number of aliphatic hydroxyl groups excluding tert-OH is 2. The maximum absolute atomic E-state index is 13.9. The summed E-state index contributed by atoms with van der Waals surface area (Å²) in [6.45, 7) is 1.83. The number of hydrogen-bond acceptors (Lipinski definition) is 13. The van der Waals surface area contributed by atoms with Gasteiger partial charge in [-0.15, -0.1) is 23.2 Å². The van der Waals surface area contributed by atoms with Crippen molar-refractivity contribution in [3.8, 4) is 17.2 Å². The zero-order chi connectivity index (χ0) is 41.2. The molecule has 0 bridgehead atoms. The maximum Gasteiger partial charge on any atom is 0.220 e. The molecule has 6 N–H and O–H groups in total. The number of amides is 1. The van der Waals surface area contributed by atoms with E-state index in [1.165, 1.54) is 25.3 Å². The van der Waals surface area contributed by atoms with Gasteiger partial charge in [-0.1, -0.05) is 24.3 Å². The highest BCUT2D eigenvalue weighted by Gasteiger charge is 2.50. The van der Waals surface area contributed by atoms with Crippen LogP contribution in [-0.2, 0) is 31.9 Å². The first-order valence-electron chi connectivity index (χ1n) is 18.7. The summed E-state index contributed by atoms with van der Waals surface area (Å²) >= 11 is 11.9. The number of ether oxygens (including phenoxy) is 3. The third-order valence-electron chi connectivity index (χ3n) is 11.0. The standard InChI is InChI=1S/C41H46Cl2N2O12/c1-21-36(49)26(44-30(48)8-3-5-22-9-11-23(12-10-22)45(15-13-42)16-14-43)17-31(56-21)57-28-19-41(54,29(47)20-46)18-25-33(28)40(53)35-34(38(25)51)37(50)24-6-4-7-27(55-2)32(24)39(35)52/h4,6-7,9-12,21,26,28,31,36,46,49,51,53-54H,3,5,8,13-20H2,1-2H3,(H,44,48)/t21-,26-,28-,31-,36+,41-/m0/s1. The Morgan fingerprint density at radius 2 is 1.68 bits per heavy atom. The normalized spacial score (nSPS) is 23.9. The number of aromatic hydroxyl groups is 2. The molecule has 16 heteroatoms. The van der Waals surface area contributed by atoms with Crippen LogP contribution in [0.5, 0.6) is 17.2 Å². The summed E-state index contributed by atoms with van der Waals surface area (Å²) in [5, 5.41) is 58.6. The lowest BCUT2D eigenvalue weighted by molar-refractivity contribution is -0.249. The van der Waals surface area contributed by atoms with Crippen molar-refractivity contribution in [2.24, 2.45) is 0 Å². The van der Waals surface area contributed by atoms with E-state index in [2.05, 4.69) is 10.2 Å². The Bertz CT molecular complexity index is 2020. The summed E-state index contributed by atoms with van der Waals surface area (Å²) < 4.78 is 17.6. The molecule has 3 aromatic carbocycles. The summed E-state index contributed by atoms with van der Waals surface area (Å²) in [6.07, 6.45) is -4.62. The van der Waals surface area contributed by atoms with Crippen molar-refractivity contribution in [1.29, 1.82) is 0 Å². The summed E-state index contributed by atoms with van der Waals surface area (Å²) in [6, 6.07) is 11.4. The zero-order valence-electron chi connectivity index (χ0n) is 31.5. The van der Waals surface area contributed by atoms with Gasteiger partial charge in [0.1, 0.15) is 35.6 Å². The first-order chi connectivity index (χ1) is 27.3. The number of hydrogen-bond donors (Lipinski definition) is 6. The van der Waals surface area contributed by atoms with E-state index < -0.39 is 95.7 Å². The lowest BCUT2D eigenvalue weighted by Crippen LogP contribution is -2.55. The van der Waals surface area contributed by atoms with Crippen LogP contribution in [0.25, 0.3) is 0 Å². The monoisotopic (exact) mass is 828 g/mol. The fourth-order valence-electron chi connectivity index (χ4n) is 8.04. The topological polar surface area (TPSA) is 212 Å². The molecule has 1 heterocycles. The Labute approximate surface area is 339 Å². The van der Waals surface area contributed by atoms with Crippen molar-refractivity contribution >= 4 is 52.1 Å². The van der Waals surface area contributed by atoms with Crippen molar-refractivity contribution in [3.63, 3.8) is 0 Å². The quantitative estimate of drug-likeness (QED) is 0.0750. The van der Waals surface area contributed by atoms with E-state index in [-0.39, 0.29) is 46.8 Å². The van der Waals surface area contributed by atoms with E-state index in [9.17, 15) is 44.7 Å². The number of benzene rings is 3. The van der Waals surface area contributed by atoms with E-state index in [1.54, 1.807) is 6.92 Å². The van der Waals surface area contributed by atoms with Crippen LogP contribution in [0.2, 0.25) is 0 Å². The second-order valence-electron chi connectivity index (χ2n) is 14.6. The molecule has 6 atom stereocenters. The number of fused-ring (bicyclic) bond motifs is 3. The second-order valence-corrected chi connectivity index (χ2v) is 15.3. The fourth-order valence-corrected chi connectivity index (χ4v) is 8.45. The molecule has 1 fully saturated rings. The molecule has 6 rings (SSSR count). The molecule has 1 amide bonds. The number of phenolic OH excluding ortho intramolecular Hbond substituents is 2. The van der Waals surface area contributed by atoms with Crippen LogP contribution in [-0.4, -0.2) is 117 Å². The molecule has 3 aliphatic rings. The molecule has 0 spiro atoms. The molecule has 14 nitrogen and oxygen atoms in total. The summed E-state index contributed by atoms with van der Waals surface area (Å²) in [7, 11) is 1.32. The van der Waals surface area contributed by atoms with Crippen molar-refractivity contribution < 1.29 is 58.9 Å². The van der Waals surface area contributed by atoms with Gasteiger partial charge in [0.25, 0.3) is 0 Å². The number of carbonyl (C=O) groups excluding carboxylic acids is 4. The number of Topliss-reactive ketones (excluding diaryl/α,β-unsaturated/α-hetero) is 1. The number of halogens is 2. The third-order valence-corrected chi connectivity index (χ3v) is 11.3. The van der Waals surface area contributed by atoms with Gasteiger partial charge in [-0.05, 0) is 43.5 Å². The van der Waals surface area contributed by atoms with Crippen molar-refractivity contribution in [3.05, 3.63) is 81.4 Å². The van der Waals surface area contributed by atoms with Gasteiger partial charge < -0.3 is 50.0 Å². The van der Waals surface area contributed by atoms with Crippen LogP contribution in [0.4, 0.5) is 5.69 Å². The van der Waals surface area contributed by atoms with Gasteiger partial charge >= 0.3 is 0 Å². The maximum atomic E-state index is 13.9. The number of ketones is 3. The van der Waals surface area contributed by atoms with E-state index in [0.29, 0.717) is 37.7 Å². The number of phenols is 2. The summed E-state index contributed by atoms with van der Waals surface area (Å²) in [4.78, 5) is 55.9. The highest BCUT2D eigenvalue weighted by Crippen LogP contribution is 2.52. The molecular weight excluding hydrogens is 783 g/mol. The van der Waals surface area contributed by atoms with E-state index in [4.69, 9.17) is 37.4 Å². The van der Waals surface area contributed by atoms with Crippen molar-refractivity contribution in [2.75, 3.05) is 43.5 Å². The molecular formula is C41H46Cl2N2O12. The predicted octanol–water partition coefficient (Wildman–Crippen LogP) is 3.47. The number of methoxy groups -OCH3 is 1. The summed E-state index contributed by atoms with van der Waals surface area (Å²) in [5.41, 5.74) is -1.90. The van der Waals surface area contributed by atoms with Gasteiger partial charge in [0, 0.05) is 72.9 Å². The molecule has 3 aromatic rings. The first-order valence-corrected chi connectivity index (χ1v) is 19.8. The number of carbonyl (C=O) groups is 4. The van der Waals surface area contributed by atoms with Gasteiger partial charge in [-0.3, -0.25) is 19.2 Å². The Morgan fingerprint density at radius 3 is 2.33 bits per heavy atom. The third kappa shape index (κ3) is 8.35. The molecule has 1 aliphatic heterocycles. The minimum absolute atomic E-state index is 0.0717. The Hall–Kier alpha value is -4.28. The van der Waals surface area contributed by atoms with Gasteiger partial charge in [-0.2, -0.15) is 0 Å². The number of nitrogens with one attached hydrogen (secondary N) is 1. The Balaban J connectivity index is 1.21. The Morgan fingerprint density at radius 1 is 1.00 bits per heavy atom. The van der Waals surface area contributed by atoms with E-state index >= 15 is 0 Å². The van der Waals surface area contributed by atoms with Gasteiger partial charge in [0.05, 0.1) is 42.0 Å². The van der Waals surface area contributed by atoms with Crippen LogP contribution in [0, 0.1) is 0 Å². The fraction of sp³-hybridized carbons (Fsp3) is 0.463. The number of aryl methyl sites for hydroxylation is 1. The minimum atomic E-state index is -2.32. The molecule has 306 valence electrons. The number of anilines is 1. The predicted molar refractivity (Wildman–Crippen MR) is 209 cm³/mol. The number of alkyl halides is 2. The summed E-state index contributed by atoms with van der Waals surface area (Å²) in [5.74, 6) is -3.36. The van der Waals surface area contributed by atoms with Gasteiger partial charge in [-0.25, -0.2) is 0 Å². The van der Waals surface area contributed by atoms with Gasteiger partial charge in [0.15, 0.2) is 17.9 Å². The highest BCUT2D eigenvalue weighted by atomic mass is 35.5. The van der Waals surface area contributed by atoms with Crippen LogP contribution >= 0.6 is 23.2 Å². The van der Waals surface area contributed by atoms with Gasteiger partial charge in [0.2, 0.25) is 11.7 Å². The molecule has 0 radical (unpaired) electrons. The minimum Gasteiger partial charge on any atom is -0.507 e. The van der Waals surface area contributed by atoms with Crippen LogP contribution < -0.4 is 15.0 Å². The largest absolute Gasteiger partial charge is 0.507 e. The lowest BCUT2D eigenvalue weighted by atomic mass is 9.72. The SMILES string of the molecule is COc1cccc2c1C(=O)c1c(O)c3c(c(O)c1C2=O)C[C@@](O)(C(=O)CO)C[C@@H]3O[C@H]1C[C@H](NC(=O)CCCc2ccc(N(CCCl)CCCl)cc2)[C@H](O)[C@H](C)O1. The highest BCUT2D eigenvalue weighted by molar-refractivity contribution is 6.31. The van der Waals surface area contributed by atoms with Crippen molar-refractivity contribution in [2.45, 2.75) is 81.7 Å². The Kier molecular flexibility index (Phi) is 13.1. The van der Waals surface area contributed by atoms with Crippen molar-refractivity contribution in [1.82, 2.24) is 5.32 Å². The molecule has 2 aliphatic carbocycles. The second kappa shape index (κ2) is 17.7. The van der Waals surface area contributed by atoms with E-state index in [0.717, 1.165) is 11.3 Å². The average Bonchev–Trinajstić information content (AvgIpc) is 3.19. The smallest absolute Gasteiger partial charge is 0.220 e. The molecule has 0 saturated carbocycles. The number of nitrogens with zero attached hydrogens (tertiary/aromatic N) is 1. The number of rotatable bonds is 15. The molecule has 0 aromatic heterocycles. The average molecular weight is 830 g/mol. The van der Waals surface area contributed by atoms with Crippen LogP contribution in [0.15, 0.2) is 42.5 Å². The number of aliphatic hydroxyl groups is 3. The van der Waals surface area contributed by atoms with Crippen LogP contribution in [0.1, 0.15) is 87.2 Å². The lowest BCUT2D eigenvalue weighted by Gasteiger charge is -2.43. The first kappa shape index (κ1) is 42.3. The molecule has 0 unspecified atom stereocenters. The molecule has 57 heavy (non-hydrogen) atoms. The molecule has 1 saturated heterocycles. The van der Waals surface area contributed by atoms with Crippen LogP contribution in [0.3, 0.4) is 0 Å². The zero-order valence-corrected chi connectivity index (χ0v) is 33.0.